The topological polar surface area (TPSA) is 78.8 Å². The number of aliphatic hydroxyl groups is 1. The van der Waals surface area contributed by atoms with E-state index < -0.39 is 6.10 Å². The number of ether oxygens (including phenoxy) is 1. The molecule has 0 unspecified atom stereocenters. The number of nitrogens with zero attached hydrogens (tertiary/aromatic N) is 4. The molecule has 2 aliphatic rings. The molecule has 1 saturated carbocycles. The van der Waals surface area contributed by atoms with Gasteiger partial charge in [0.2, 0.25) is 0 Å². The SMILES string of the molecule is CCN(CC)C(=O)c1ccccc1O[C@@H]1C[C@@H]2CN(c3ccc(C)nn3)C[C@@H]2C[C@H]1O. The van der Waals surface area contributed by atoms with Crippen molar-refractivity contribution in [1.29, 1.82) is 0 Å². The van der Waals surface area contributed by atoms with E-state index in [1.54, 1.807) is 11.0 Å². The first kappa shape index (κ1) is 21.6. The summed E-state index contributed by atoms with van der Waals surface area (Å²) in [5.41, 5.74) is 1.46. The highest BCUT2D eigenvalue weighted by Gasteiger charge is 2.43. The van der Waals surface area contributed by atoms with Crippen LogP contribution in [-0.2, 0) is 0 Å². The molecular formula is C24H32N4O3. The lowest BCUT2D eigenvalue weighted by molar-refractivity contribution is -0.0235. The Kier molecular flexibility index (Phi) is 6.41. The predicted octanol–water partition coefficient (Wildman–Crippen LogP) is 2.92. The first-order chi connectivity index (χ1) is 15.0. The summed E-state index contributed by atoms with van der Waals surface area (Å²) in [7, 11) is 0. The standard InChI is InChI=1S/C24H32N4O3/c1-4-27(5-2)24(30)19-8-6-7-9-21(19)31-22-13-18-15-28(14-17(18)12-20(22)29)23-11-10-16(3)25-26-23/h6-11,17-18,20,22,29H,4-5,12-15H2,1-3H3/t17-,18+,20+,22+/m0/s1. The number of carbonyl (C=O) groups excluding carboxylic acids is 1. The number of aliphatic hydroxyl groups excluding tert-OH is 1. The number of aryl methyl sites for hydroxylation is 1. The molecule has 31 heavy (non-hydrogen) atoms. The van der Waals surface area contributed by atoms with Crippen LogP contribution < -0.4 is 9.64 Å². The summed E-state index contributed by atoms with van der Waals surface area (Å²) in [6.07, 6.45) is 0.574. The van der Waals surface area contributed by atoms with Crippen LogP contribution in [0.5, 0.6) is 5.75 Å². The molecule has 0 spiro atoms. The Bertz CT molecular complexity index is 900. The van der Waals surface area contributed by atoms with Crippen molar-refractivity contribution >= 4 is 11.7 Å². The molecule has 1 aliphatic carbocycles. The highest BCUT2D eigenvalue weighted by molar-refractivity contribution is 5.96. The molecule has 4 rings (SSSR count). The van der Waals surface area contributed by atoms with E-state index in [0.717, 1.165) is 31.0 Å². The number of para-hydroxylation sites is 1. The second kappa shape index (κ2) is 9.22. The van der Waals surface area contributed by atoms with Crippen LogP contribution in [0.2, 0.25) is 0 Å². The number of anilines is 1. The van der Waals surface area contributed by atoms with Gasteiger partial charge >= 0.3 is 0 Å². The van der Waals surface area contributed by atoms with Crippen LogP contribution in [0.15, 0.2) is 36.4 Å². The number of rotatable bonds is 6. The van der Waals surface area contributed by atoms with Gasteiger partial charge in [0.25, 0.3) is 5.91 Å². The fourth-order valence-electron chi connectivity index (χ4n) is 4.85. The molecule has 1 amide bonds. The fourth-order valence-corrected chi connectivity index (χ4v) is 4.85. The molecule has 7 nitrogen and oxygen atoms in total. The Morgan fingerprint density at radius 1 is 1.10 bits per heavy atom. The summed E-state index contributed by atoms with van der Waals surface area (Å²) < 4.78 is 6.28. The Morgan fingerprint density at radius 3 is 2.48 bits per heavy atom. The first-order valence-electron chi connectivity index (χ1n) is 11.3. The molecule has 1 aromatic carbocycles. The molecule has 2 aromatic rings. The van der Waals surface area contributed by atoms with Gasteiger partial charge in [-0.25, -0.2) is 0 Å². The molecular weight excluding hydrogens is 392 g/mol. The second-order valence-electron chi connectivity index (χ2n) is 8.63. The van der Waals surface area contributed by atoms with Gasteiger partial charge in [-0.15, -0.1) is 5.10 Å². The minimum atomic E-state index is -0.554. The van der Waals surface area contributed by atoms with Crippen molar-refractivity contribution in [1.82, 2.24) is 15.1 Å². The molecule has 166 valence electrons. The largest absolute Gasteiger partial charge is 0.487 e. The van der Waals surface area contributed by atoms with Crippen LogP contribution in [0.1, 0.15) is 42.7 Å². The van der Waals surface area contributed by atoms with E-state index in [4.69, 9.17) is 4.74 Å². The summed E-state index contributed by atoms with van der Waals surface area (Å²) in [4.78, 5) is 17.0. The van der Waals surface area contributed by atoms with E-state index in [2.05, 4.69) is 15.1 Å². The maximum Gasteiger partial charge on any atom is 0.257 e. The molecule has 2 heterocycles. The number of hydrogen-bond donors (Lipinski definition) is 1. The predicted molar refractivity (Wildman–Crippen MR) is 119 cm³/mol. The maximum atomic E-state index is 12.9. The average Bonchev–Trinajstić information content (AvgIpc) is 3.18. The van der Waals surface area contributed by atoms with Gasteiger partial charge in [0.1, 0.15) is 11.9 Å². The van der Waals surface area contributed by atoms with Crippen molar-refractivity contribution in [2.24, 2.45) is 11.8 Å². The maximum absolute atomic E-state index is 12.9. The summed E-state index contributed by atoms with van der Waals surface area (Å²) in [5.74, 6) is 2.24. The molecule has 0 radical (unpaired) electrons. The summed E-state index contributed by atoms with van der Waals surface area (Å²) >= 11 is 0. The van der Waals surface area contributed by atoms with Crippen molar-refractivity contribution < 1.29 is 14.6 Å². The molecule has 7 heteroatoms. The summed E-state index contributed by atoms with van der Waals surface area (Å²) in [5, 5.41) is 19.3. The third-order valence-electron chi connectivity index (χ3n) is 6.64. The van der Waals surface area contributed by atoms with Crippen LogP contribution >= 0.6 is 0 Å². The van der Waals surface area contributed by atoms with E-state index in [0.29, 0.717) is 42.7 Å². The number of amides is 1. The van der Waals surface area contributed by atoms with E-state index in [1.807, 2.05) is 51.1 Å². The average molecular weight is 425 g/mol. The smallest absolute Gasteiger partial charge is 0.257 e. The van der Waals surface area contributed by atoms with Crippen molar-refractivity contribution in [3.63, 3.8) is 0 Å². The molecule has 1 N–H and O–H groups in total. The zero-order valence-corrected chi connectivity index (χ0v) is 18.6. The molecule has 1 aliphatic heterocycles. The number of carbonyl (C=O) groups is 1. The fraction of sp³-hybridized carbons (Fsp3) is 0.542. The molecule has 1 saturated heterocycles. The van der Waals surface area contributed by atoms with Gasteiger partial charge in [0.05, 0.1) is 17.4 Å². The van der Waals surface area contributed by atoms with E-state index in [-0.39, 0.29) is 12.0 Å². The lowest BCUT2D eigenvalue weighted by atomic mass is 9.78. The Labute approximate surface area is 184 Å². The van der Waals surface area contributed by atoms with Crippen molar-refractivity contribution in [3.8, 4) is 5.75 Å². The number of fused-ring (bicyclic) bond motifs is 1. The monoisotopic (exact) mass is 424 g/mol. The van der Waals surface area contributed by atoms with Crippen LogP contribution in [0.4, 0.5) is 5.82 Å². The van der Waals surface area contributed by atoms with E-state index in [9.17, 15) is 9.90 Å². The van der Waals surface area contributed by atoms with E-state index in [1.165, 1.54) is 0 Å². The minimum Gasteiger partial charge on any atom is -0.487 e. The molecule has 0 bridgehead atoms. The zero-order chi connectivity index (χ0) is 22.0. The quantitative estimate of drug-likeness (QED) is 0.768. The first-order valence-corrected chi connectivity index (χ1v) is 11.3. The minimum absolute atomic E-state index is 0.0336. The van der Waals surface area contributed by atoms with Gasteiger partial charge in [-0.1, -0.05) is 12.1 Å². The highest BCUT2D eigenvalue weighted by atomic mass is 16.5. The second-order valence-corrected chi connectivity index (χ2v) is 8.63. The molecule has 4 atom stereocenters. The van der Waals surface area contributed by atoms with Gasteiger partial charge < -0.3 is 19.6 Å². The van der Waals surface area contributed by atoms with Gasteiger partial charge in [-0.2, -0.15) is 5.10 Å². The van der Waals surface area contributed by atoms with Gasteiger partial charge in [0.15, 0.2) is 5.82 Å². The Morgan fingerprint density at radius 2 is 1.81 bits per heavy atom. The summed E-state index contributed by atoms with van der Waals surface area (Å²) in [6, 6.07) is 11.4. The number of benzene rings is 1. The van der Waals surface area contributed by atoms with Crippen molar-refractivity contribution in [3.05, 3.63) is 47.7 Å². The molecule has 1 aromatic heterocycles. The van der Waals surface area contributed by atoms with Gasteiger partial charge in [-0.05, 0) is 69.7 Å². The van der Waals surface area contributed by atoms with Crippen molar-refractivity contribution in [2.75, 3.05) is 31.1 Å². The highest BCUT2D eigenvalue weighted by Crippen LogP contribution is 2.39. The van der Waals surface area contributed by atoms with Gasteiger partial charge in [0, 0.05) is 26.2 Å². The van der Waals surface area contributed by atoms with Crippen LogP contribution in [0, 0.1) is 18.8 Å². The van der Waals surface area contributed by atoms with Crippen LogP contribution in [0.3, 0.4) is 0 Å². The van der Waals surface area contributed by atoms with Crippen LogP contribution in [-0.4, -0.2) is 64.5 Å². The Balaban J connectivity index is 1.47. The Hall–Kier alpha value is -2.67. The third kappa shape index (κ3) is 4.51. The normalized spacial score (nSPS) is 25.2. The summed E-state index contributed by atoms with van der Waals surface area (Å²) in [6.45, 7) is 8.94. The van der Waals surface area contributed by atoms with Gasteiger partial charge in [-0.3, -0.25) is 4.79 Å². The number of hydrogen-bond acceptors (Lipinski definition) is 6. The lowest BCUT2D eigenvalue weighted by Crippen LogP contribution is -2.42. The van der Waals surface area contributed by atoms with Crippen molar-refractivity contribution in [2.45, 2.75) is 45.8 Å². The van der Waals surface area contributed by atoms with E-state index >= 15 is 0 Å². The number of aromatic nitrogens is 2. The zero-order valence-electron chi connectivity index (χ0n) is 18.6. The molecule has 2 fully saturated rings. The third-order valence-corrected chi connectivity index (χ3v) is 6.64. The van der Waals surface area contributed by atoms with Crippen LogP contribution in [0.25, 0.3) is 0 Å². The lowest BCUT2D eigenvalue weighted by Gasteiger charge is -2.35.